The SMILES string of the molecule is NC(=O)N[C@@H]1CCN(C2CCN(c3ccc(Cl)c(NCCc4ccc(Cl)cc4Cl)c3)CC2)C1. The van der Waals surface area contributed by atoms with E-state index in [0.29, 0.717) is 21.1 Å². The molecule has 0 bridgehead atoms. The van der Waals surface area contributed by atoms with Crippen LogP contribution in [0.15, 0.2) is 36.4 Å². The Morgan fingerprint density at radius 1 is 1.00 bits per heavy atom. The van der Waals surface area contributed by atoms with E-state index in [0.717, 1.165) is 69.7 Å². The zero-order chi connectivity index (χ0) is 23.4. The highest BCUT2D eigenvalue weighted by Crippen LogP contribution is 2.31. The molecule has 0 aromatic heterocycles. The second kappa shape index (κ2) is 11.0. The van der Waals surface area contributed by atoms with Crippen molar-refractivity contribution in [2.45, 2.75) is 37.8 Å². The second-order valence-corrected chi connectivity index (χ2v) is 10.0. The van der Waals surface area contributed by atoms with Gasteiger partial charge in [0.2, 0.25) is 0 Å². The van der Waals surface area contributed by atoms with Gasteiger partial charge in [0.25, 0.3) is 0 Å². The zero-order valence-corrected chi connectivity index (χ0v) is 20.8. The number of carbonyl (C=O) groups is 1. The number of nitrogens with one attached hydrogen (secondary N) is 2. The number of halogens is 3. The monoisotopic (exact) mass is 509 g/mol. The van der Waals surface area contributed by atoms with Crippen molar-refractivity contribution in [3.05, 3.63) is 57.0 Å². The minimum Gasteiger partial charge on any atom is -0.383 e. The van der Waals surface area contributed by atoms with Crippen molar-refractivity contribution in [3.8, 4) is 0 Å². The van der Waals surface area contributed by atoms with Gasteiger partial charge in [-0.25, -0.2) is 4.79 Å². The van der Waals surface area contributed by atoms with Gasteiger partial charge in [0.05, 0.1) is 10.7 Å². The van der Waals surface area contributed by atoms with Crippen LogP contribution in [0.5, 0.6) is 0 Å². The first kappa shape index (κ1) is 24.3. The molecule has 2 aromatic rings. The van der Waals surface area contributed by atoms with Gasteiger partial charge in [0.15, 0.2) is 0 Å². The lowest BCUT2D eigenvalue weighted by atomic mass is 10.0. The van der Waals surface area contributed by atoms with Crippen molar-refractivity contribution >= 4 is 52.2 Å². The molecule has 2 aliphatic rings. The summed E-state index contributed by atoms with van der Waals surface area (Å²) >= 11 is 18.7. The summed E-state index contributed by atoms with van der Waals surface area (Å²) in [6.07, 6.45) is 3.95. The van der Waals surface area contributed by atoms with E-state index in [1.54, 1.807) is 6.07 Å². The summed E-state index contributed by atoms with van der Waals surface area (Å²) in [4.78, 5) is 16.0. The van der Waals surface area contributed by atoms with Gasteiger partial charge in [-0.05, 0) is 61.6 Å². The number of amides is 2. The molecule has 0 saturated carbocycles. The Hall–Kier alpha value is -1.86. The van der Waals surface area contributed by atoms with Gasteiger partial charge in [0, 0.05) is 60.5 Å². The third-order valence-corrected chi connectivity index (χ3v) is 7.50. The Bertz CT molecular complexity index is 981. The van der Waals surface area contributed by atoms with Crippen LogP contribution in [0.1, 0.15) is 24.8 Å². The number of piperidine rings is 1. The standard InChI is InChI=1S/C24H30Cl3N5O/c25-17-2-1-16(22(27)13-17)5-9-29-23-14-20(3-4-21(23)26)31-11-7-19(8-12-31)32-10-6-18(15-32)30-24(28)33/h1-4,13-14,18-19,29H,5-12,15H2,(H3,28,30,33)/t18-/m1/s1. The number of urea groups is 1. The maximum atomic E-state index is 11.1. The van der Waals surface area contributed by atoms with Crippen LogP contribution in [0.25, 0.3) is 0 Å². The number of nitrogens with two attached hydrogens (primary N) is 1. The fraction of sp³-hybridized carbons (Fsp3) is 0.458. The number of carbonyl (C=O) groups excluding carboxylic acids is 1. The quantitative estimate of drug-likeness (QED) is 0.489. The minimum atomic E-state index is -0.430. The Balaban J connectivity index is 1.29. The molecule has 2 saturated heterocycles. The highest BCUT2D eigenvalue weighted by Gasteiger charge is 2.31. The van der Waals surface area contributed by atoms with Crippen molar-refractivity contribution < 1.29 is 4.79 Å². The Morgan fingerprint density at radius 3 is 2.52 bits per heavy atom. The van der Waals surface area contributed by atoms with Gasteiger partial charge in [-0.3, -0.25) is 4.90 Å². The molecule has 0 radical (unpaired) electrons. The molecule has 0 aliphatic carbocycles. The molecule has 2 heterocycles. The molecular weight excluding hydrogens is 481 g/mol. The lowest BCUT2D eigenvalue weighted by molar-refractivity contribution is 0.202. The smallest absolute Gasteiger partial charge is 0.312 e. The third-order valence-electron chi connectivity index (χ3n) is 6.59. The van der Waals surface area contributed by atoms with Crippen molar-refractivity contribution in [2.24, 2.45) is 5.73 Å². The maximum absolute atomic E-state index is 11.1. The lowest BCUT2D eigenvalue weighted by Crippen LogP contribution is -2.46. The van der Waals surface area contributed by atoms with Gasteiger partial charge < -0.3 is 21.3 Å². The number of likely N-dealkylation sites (tertiary alicyclic amines) is 1. The average Bonchev–Trinajstić information content (AvgIpc) is 3.24. The number of primary amides is 1. The van der Waals surface area contributed by atoms with E-state index in [4.69, 9.17) is 40.5 Å². The Labute approximate surface area is 210 Å². The van der Waals surface area contributed by atoms with Gasteiger partial charge in [-0.15, -0.1) is 0 Å². The number of nitrogens with zero attached hydrogens (tertiary/aromatic N) is 2. The van der Waals surface area contributed by atoms with Crippen molar-refractivity contribution in [2.75, 3.05) is 42.9 Å². The van der Waals surface area contributed by atoms with Crippen molar-refractivity contribution in [1.82, 2.24) is 10.2 Å². The molecule has 6 nitrogen and oxygen atoms in total. The maximum Gasteiger partial charge on any atom is 0.312 e. The summed E-state index contributed by atoms with van der Waals surface area (Å²) in [6.45, 7) is 4.62. The van der Waals surface area contributed by atoms with E-state index in [-0.39, 0.29) is 6.04 Å². The molecule has 2 aliphatic heterocycles. The molecule has 0 unspecified atom stereocenters. The number of benzene rings is 2. The fourth-order valence-electron chi connectivity index (χ4n) is 4.83. The molecule has 2 aromatic carbocycles. The molecule has 33 heavy (non-hydrogen) atoms. The minimum absolute atomic E-state index is 0.174. The number of anilines is 2. The van der Waals surface area contributed by atoms with Gasteiger partial charge >= 0.3 is 6.03 Å². The van der Waals surface area contributed by atoms with Crippen LogP contribution in [-0.4, -0.2) is 55.7 Å². The molecule has 4 N–H and O–H groups in total. The van der Waals surface area contributed by atoms with Crippen LogP contribution in [0, 0.1) is 0 Å². The second-order valence-electron chi connectivity index (χ2n) is 8.78. The lowest BCUT2D eigenvalue weighted by Gasteiger charge is -2.38. The summed E-state index contributed by atoms with van der Waals surface area (Å²) in [5, 5.41) is 8.33. The molecule has 178 valence electrons. The van der Waals surface area contributed by atoms with Crippen LogP contribution in [0.4, 0.5) is 16.2 Å². The third kappa shape index (κ3) is 6.38. The zero-order valence-electron chi connectivity index (χ0n) is 18.5. The summed E-state index contributed by atoms with van der Waals surface area (Å²) in [6, 6.07) is 12.1. The first-order valence-corrected chi connectivity index (χ1v) is 12.5. The Morgan fingerprint density at radius 2 is 1.79 bits per heavy atom. The molecule has 2 fully saturated rings. The van der Waals surface area contributed by atoms with Crippen LogP contribution in [0.2, 0.25) is 15.1 Å². The Kier molecular flexibility index (Phi) is 8.12. The number of hydrogen-bond donors (Lipinski definition) is 3. The summed E-state index contributed by atoms with van der Waals surface area (Å²) in [5.41, 5.74) is 8.44. The molecular formula is C24H30Cl3N5O. The van der Waals surface area contributed by atoms with E-state index < -0.39 is 6.03 Å². The van der Waals surface area contributed by atoms with E-state index in [9.17, 15) is 4.79 Å². The number of hydrogen-bond acceptors (Lipinski definition) is 4. The van der Waals surface area contributed by atoms with Crippen LogP contribution in [0.3, 0.4) is 0 Å². The highest BCUT2D eigenvalue weighted by atomic mass is 35.5. The predicted molar refractivity (Wildman–Crippen MR) is 138 cm³/mol. The van der Waals surface area contributed by atoms with Gasteiger partial charge in [-0.1, -0.05) is 40.9 Å². The van der Waals surface area contributed by atoms with Crippen molar-refractivity contribution in [1.29, 1.82) is 0 Å². The molecule has 4 rings (SSSR count). The first-order valence-electron chi connectivity index (χ1n) is 11.4. The predicted octanol–water partition coefficient (Wildman–Crippen LogP) is 5.01. The largest absolute Gasteiger partial charge is 0.383 e. The molecule has 0 spiro atoms. The fourth-order valence-corrected chi connectivity index (χ4v) is 5.52. The number of rotatable bonds is 7. The summed E-state index contributed by atoms with van der Waals surface area (Å²) in [5.74, 6) is 0. The van der Waals surface area contributed by atoms with Crippen molar-refractivity contribution in [3.63, 3.8) is 0 Å². The van der Waals surface area contributed by atoms with Crippen LogP contribution < -0.4 is 21.3 Å². The molecule has 1 atom stereocenters. The van der Waals surface area contributed by atoms with E-state index in [1.165, 1.54) is 5.69 Å². The van der Waals surface area contributed by atoms with Gasteiger partial charge in [0.1, 0.15) is 0 Å². The highest BCUT2D eigenvalue weighted by molar-refractivity contribution is 6.35. The first-order chi connectivity index (χ1) is 15.9. The van der Waals surface area contributed by atoms with E-state index in [2.05, 4.69) is 32.6 Å². The summed E-state index contributed by atoms with van der Waals surface area (Å²) in [7, 11) is 0. The molecule has 9 heteroatoms. The topological polar surface area (TPSA) is 73.6 Å². The van der Waals surface area contributed by atoms with Crippen LogP contribution in [-0.2, 0) is 6.42 Å². The van der Waals surface area contributed by atoms with Gasteiger partial charge in [-0.2, -0.15) is 0 Å². The summed E-state index contributed by atoms with van der Waals surface area (Å²) < 4.78 is 0. The van der Waals surface area contributed by atoms with E-state index in [1.807, 2.05) is 18.2 Å². The average molecular weight is 511 g/mol. The normalized spacial score (nSPS) is 19.6. The molecule has 2 amide bonds. The van der Waals surface area contributed by atoms with E-state index >= 15 is 0 Å². The van der Waals surface area contributed by atoms with Crippen LogP contribution >= 0.6 is 34.8 Å².